The smallest absolute Gasteiger partial charge is 0.310 e. The zero-order valence-electron chi connectivity index (χ0n) is 15.4. The van der Waals surface area contributed by atoms with E-state index in [2.05, 4.69) is 23.3 Å². The number of hydrogen-bond donors (Lipinski definition) is 1. The van der Waals surface area contributed by atoms with Crippen molar-refractivity contribution in [3.63, 3.8) is 0 Å². The van der Waals surface area contributed by atoms with Crippen LogP contribution in [-0.2, 0) is 20.8 Å². The van der Waals surface area contributed by atoms with Crippen LogP contribution in [-0.4, -0.2) is 35.8 Å². The van der Waals surface area contributed by atoms with Crippen LogP contribution < -0.4 is 5.32 Å². The van der Waals surface area contributed by atoms with E-state index in [1.165, 1.54) is 19.3 Å². The molecule has 5 rings (SSSR count). The second kappa shape index (κ2) is 6.03. The van der Waals surface area contributed by atoms with Gasteiger partial charge in [0.1, 0.15) is 6.10 Å². The lowest BCUT2D eigenvalue weighted by Crippen LogP contribution is -2.51. The first-order valence-electron chi connectivity index (χ1n) is 10.0. The Bertz CT molecular complexity index is 690. The summed E-state index contributed by atoms with van der Waals surface area (Å²) < 4.78 is 11.8. The number of esters is 1. The van der Waals surface area contributed by atoms with Crippen molar-refractivity contribution in [2.75, 3.05) is 13.2 Å². The molecule has 0 radical (unpaired) electrons. The van der Waals surface area contributed by atoms with Gasteiger partial charge in [0.2, 0.25) is 0 Å². The van der Waals surface area contributed by atoms with Crippen molar-refractivity contribution < 1.29 is 14.3 Å². The van der Waals surface area contributed by atoms with Gasteiger partial charge in [-0.05, 0) is 55.1 Å². The molecule has 0 unspecified atom stereocenters. The van der Waals surface area contributed by atoms with E-state index < -0.39 is 0 Å². The van der Waals surface area contributed by atoms with E-state index in [0.717, 1.165) is 31.6 Å². The van der Waals surface area contributed by atoms with Crippen LogP contribution in [0.4, 0.5) is 0 Å². The molecule has 3 heterocycles. The Hall–Kier alpha value is -1.46. The molecule has 4 fully saturated rings. The molecule has 5 heteroatoms. The van der Waals surface area contributed by atoms with Crippen molar-refractivity contribution in [2.45, 2.75) is 57.3 Å². The maximum atomic E-state index is 12.6. The van der Waals surface area contributed by atoms with E-state index in [4.69, 9.17) is 9.47 Å². The van der Waals surface area contributed by atoms with Gasteiger partial charge >= 0.3 is 5.97 Å². The van der Waals surface area contributed by atoms with Crippen molar-refractivity contribution >= 4 is 5.97 Å². The first-order chi connectivity index (χ1) is 12.6. The van der Waals surface area contributed by atoms with Crippen molar-refractivity contribution in [3.8, 4) is 0 Å². The van der Waals surface area contributed by atoms with Gasteiger partial charge in [0.15, 0.2) is 0 Å². The number of nitrogens with zero attached hydrogens (tertiary/aromatic N) is 1. The van der Waals surface area contributed by atoms with Gasteiger partial charge < -0.3 is 14.8 Å². The average Bonchev–Trinajstić information content (AvgIpc) is 3.33. The molecule has 4 aliphatic rings. The maximum absolute atomic E-state index is 12.6. The van der Waals surface area contributed by atoms with Crippen LogP contribution in [0.1, 0.15) is 44.6 Å². The van der Waals surface area contributed by atoms with Crippen molar-refractivity contribution in [1.29, 1.82) is 0 Å². The molecule has 2 aliphatic heterocycles. The van der Waals surface area contributed by atoms with Crippen LogP contribution in [0.3, 0.4) is 0 Å². The summed E-state index contributed by atoms with van der Waals surface area (Å²) in [5, 5.41) is 3.45. The fourth-order valence-electron chi connectivity index (χ4n) is 6.06. The highest BCUT2D eigenvalue weighted by Crippen LogP contribution is 2.62. The van der Waals surface area contributed by atoms with Gasteiger partial charge in [0.05, 0.1) is 18.1 Å². The number of epoxide rings is 1. The van der Waals surface area contributed by atoms with Crippen LogP contribution in [0.5, 0.6) is 0 Å². The Morgan fingerprint density at radius 3 is 3.04 bits per heavy atom. The zero-order chi connectivity index (χ0) is 17.8. The van der Waals surface area contributed by atoms with Crippen LogP contribution in [0.25, 0.3) is 0 Å². The van der Waals surface area contributed by atoms with Crippen LogP contribution in [0, 0.1) is 23.2 Å². The molecule has 1 aromatic rings. The summed E-state index contributed by atoms with van der Waals surface area (Å²) >= 11 is 0. The molecule has 26 heavy (non-hydrogen) atoms. The second-order valence-electron chi connectivity index (χ2n) is 9.09. The number of nitrogens with one attached hydrogen (secondary N) is 1. The Labute approximate surface area is 154 Å². The predicted molar refractivity (Wildman–Crippen MR) is 96.2 cm³/mol. The molecule has 0 amide bonds. The van der Waals surface area contributed by atoms with Gasteiger partial charge in [-0.15, -0.1) is 0 Å². The fraction of sp³-hybridized carbons (Fsp3) is 0.714. The summed E-state index contributed by atoms with van der Waals surface area (Å²) in [5.74, 6) is 0.882. The molecule has 6 atom stereocenters. The highest BCUT2D eigenvalue weighted by atomic mass is 16.6. The Morgan fingerprint density at radius 2 is 2.27 bits per heavy atom. The van der Waals surface area contributed by atoms with Gasteiger partial charge in [-0.3, -0.25) is 9.78 Å². The average molecular weight is 356 g/mol. The van der Waals surface area contributed by atoms with Crippen LogP contribution in [0.15, 0.2) is 24.5 Å². The third kappa shape index (κ3) is 2.67. The first-order valence-corrected chi connectivity index (χ1v) is 10.0. The molecule has 2 saturated carbocycles. The summed E-state index contributed by atoms with van der Waals surface area (Å²) in [4.78, 5) is 16.7. The van der Waals surface area contributed by atoms with Crippen molar-refractivity contribution in [1.82, 2.24) is 10.3 Å². The SMILES string of the molecule is C[C@]12CCC[C@]3(CO3)[C@@H]1C[C@H]1[C@H](CNCc3cccnc3)C(=O)O[C@@H]1C2. The largest absolute Gasteiger partial charge is 0.462 e. The summed E-state index contributed by atoms with van der Waals surface area (Å²) in [6.45, 7) is 4.75. The molecule has 0 bridgehead atoms. The van der Waals surface area contributed by atoms with Gasteiger partial charge in [-0.2, -0.15) is 0 Å². The van der Waals surface area contributed by atoms with Crippen molar-refractivity contribution in [3.05, 3.63) is 30.1 Å². The van der Waals surface area contributed by atoms with Crippen molar-refractivity contribution in [2.24, 2.45) is 23.2 Å². The standard InChI is InChI=1S/C21H28N2O3/c1-20-5-3-6-21(13-25-21)18(20)8-15-16(19(24)26-17(15)9-20)12-23-11-14-4-2-7-22-10-14/h2,4,7,10,15-18,23H,3,5-6,8-9,11-13H2,1H3/t15-,16-,17+,18+,20+,21-/m0/s1. The Balaban J connectivity index is 1.28. The summed E-state index contributed by atoms with van der Waals surface area (Å²) in [6, 6.07) is 4.00. The molecular weight excluding hydrogens is 328 g/mol. The van der Waals surface area contributed by atoms with E-state index in [9.17, 15) is 4.79 Å². The minimum atomic E-state index is -0.0288. The molecule has 2 saturated heterocycles. The quantitative estimate of drug-likeness (QED) is 0.664. The minimum Gasteiger partial charge on any atom is -0.462 e. The molecule has 1 N–H and O–H groups in total. The normalized spacial score (nSPS) is 43.7. The Kier molecular flexibility index (Phi) is 3.87. The third-order valence-corrected chi connectivity index (χ3v) is 7.50. The number of ether oxygens (including phenoxy) is 2. The van der Waals surface area contributed by atoms with E-state index in [1.807, 2.05) is 12.3 Å². The molecule has 2 aliphatic carbocycles. The van der Waals surface area contributed by atoms with E-state index >= 15 is 0 Å². The van der Waals surface area contributed by atoms with E-state index in [0.29, 0.717) is 18.4 Å². The molecule has 0 aromatic carbocycles. The van der Waals surface area contributed by atoms with E-state index in [1.54, 1.807) is 6.20 Å². The molecule has 5 nitrogen and oxygen atoms in total. The summed E-state index contributed by atoms with van der Waals surface area (Å²) in [7, 11) is 0. The second-order valence-corrected chi connectivity index (χ2v) is 9.09. The van der Waals surface area contributed by atoms with Crippen LogP contribution >= 0.6 is 0 Å². The molecular formula is C21H28N2O3. The lowest BCUT2D eigenvalue weighted by Gasteiger charge is -2.51. The van der Waals surface area contributed by atoms with Gasteiger partial charge in [0.25, 0.3) is 0 Å². The van der Waals surface area contributed by atoms with Gasteiger partial charge in [0, 0.05) is 31.4 Å². The highest BCUT2D eigenvalue weighted by Gasteiger charge is 2.64. The monoisotopic (exact) mass is 356 g/mol. The van der Waals surface area contributed by atoms with Gasteiger partial charge in [-0.25, -0.2) is 0 Å². The number of aromatic nitrogens is 1. The van der Waals surface area contributed by atoms with Gasteiger partial charge in [-0.1, -0.05) is 13.0 Å². The Morgan fingerprint density at radius 1 is 1.38 bits per heavy atom. The van der Waals surface area contributed by atoms with E-state index in [-0.39, 0.29) is 29.0 Å². The predicted octanol–water partition coefficient (Wildman–Crippen LogP) is 2.70. The summed E-state index contributed by atoms with van der Waals surface area (Å²) in [5.41, 5.74) is 1.54. The number of pyridine rings is 1. The van der Waals surface area contributed by atoms with Crippen LogP contribution in [0.2, 0.25) is 0 Å². The topological polar surface area (TPSA) is 63.8 Å². The fourth-order valence-corrected chi connectivity index (χ4v) is 6.06. The number of fused-ring (bicyclic) bond motifs is 3. The maximum Gasteiger partial charge on any atom is 0.310 e. The molecule has 140 valence electrons. The number of carbonyl (C=O) groups excluding carboxylic acids is 1. The number of rotatable bonds is 4. The molecule has 1 aromatic heterocycles. The number of hydrogen-bond acceptors (Lipinski definition) is 5. The lowest BCUT2D eigenvalue weighted by atomic mass is 9.53. The third-order valence-electron chi connectivity index (χ3n) is 7.50. The lowest BCUT2D eigenvalue weighted by molar-refractivity contribution is -0.147. The summed E-state index contributed by atoms with van der Waals surface area (Å²) in [6.07, 6.45) is 9.52. The highest BCUT2D eigenvalue weighted by molar-refractivity contribution is 5.75. The minimum absolute atomic E-state index is 0.00769. The first kappa shape index (κ1) is 16.7. The zero-order valence-corrected chi connectivity index (χ0v) is 15.4. The molecule has 1 spiro atoms. The number of carbonyl (C=O) groups is 1.